The number of urea groups is 1. The molecule has 1 aliphatic heterocycles. The number of pyridine rings is 1. The van der Waals surface area contributed by atoms with Crippen molar-refractivity contribution in [1.29, 1.82) is 0 Å². The molecule has 0 unspecified atom stereocenters. The third kappa shape index (κ3) is 4.30. The van der Waals surface area contributed by atoms with Crippen molar-refractivity contribution in [3.05, 3.63) is 46.2 Å². The molecule has 0 bridgehead atoms. The van der Waals surface area contributed by atoms with E-state index in [1.807, 2.05) is 30.9 Å². The molecule has 1 saturated heterocycles. The monoisotopic (exact) mass is 345 g/mol. The quantitative estimate of drug-likeness (QED) is 0.924. The van der Waals surface area contributed by atoms with Crippen LogP contribution in [0.1, 0.15) is 29.2 Å². The summed E-state index contributed by atoms with van der Waals surface area (Å²) in [6.07, 6.45) is 3.53. The number of carbonyl (C=O) groups excluding carboxylic acids is 1. The number of amides is 2. The Morgan fingerprint density at radius 2 is 2.17 bits per heavy atom. The standard InChI is InChI=1S/C17H23N5OS/c1-13(15-4-3-5-18-10-15)19-17(23)22-8-6-21(7-9-22)11-16-12-24-14(2)20-16/h3-5,10,12-13H,6-9,11H2,1-2H3,(H,19,23)/t13-/m1/s1. The maximum Gasteiger partial charge on any atom is 0.317 e. The smallest absolute Gasteiger partial charge is 0.317 e. The Morgan fingerprint density at radius 3 is 2.79 bits per heavy atom. The topological polar surface area (TPSA) is 61.4 Å². The van der Waals surface area contributed by atoms with E-state index in [9.17, 15) is 4.79 Å². The molecule has 7 heteroatoms. The van der Waals surface area contributed by atoms with Crippen molar-refractivity contribution in [2.75, 3.05) is 26.2 Å². The van der Waals surface area contributed by atoms with Gasteiger partial charge < -0.3 is 10.2 Å². The van der Waals surface area contributed by atoms with Gasteiger partial charge >= 0.3 is 6.03 Å². The third-order valence-corrected chi connectivity index (χ3v) is 5.06. The summed E-state index contributed by atoms with van der Waals surface area (Å²) in [5.41, 5.74) is 2.14. The molecule has 1 aliphatic rings. The van der Waals surface area contributed by atoms with E-state index in [2.05, 4.69) is 25.6 Å². The van der Waals surface area contributed by atoms with Crippen molar-refractivity contribution in [1.82, 2.24) is 25.1 Å². The van der Waals surface area contributed by atoms with E-state index in [1.54, 1.807) is 23.7 Å². The number of nitrogens with one attached hydrogen (secondary N) is 1. The van der Waals surface area contributed by atoms with Gasteiger partial charge in [0.15, 0.2) is 0 Å². The van der Waals surface area contributed by atoms with Crippen LogP contribution in [0.2, 0.25) is 0 Å². The van der Waals surface area contributed by atoms with Gasteiger partial charge in [0.2, 0.25) is 0 Å². The maximum atomic E-state index is 12.4. The molecule has 0 radical (unpaired) electrons. The summed E-state index contributed by atoms with van der Waals surface area (Å²) in [6.45, 7) is 8.13. The molecule has 24 heavy (non-hydrogen) atoms. The highest BCUT2D eigenvalue weighted by Crippen LogP contribution is 2.14. The number of hydrogen-bond acceptors (Lipinski definition) is 5. The Kier molecular flexibility index (Phi) is 5.42. The van der Waals surface area contributed by atoms with Crippen LogP contribution in [0.25, 0.3) is 0 Å². The van der Waals surface area contributed by atoms with Crippen LogP contribution >= 0.6 is 11.3 Å². The number of aryl methyl sites for hydroxylation is 1. The fourth-order valence-electron chi connectivity index (χ4n) is 2.81. The summed E-state index contributed by atoms with van der Waals surface area (Å²) < 4.78 is 0. The highest BCUT2D eigenvalue weighted by Gasteiger charge is 2.22. The molecule has 1 fully saturated rings. The van der Waals surface area contributed by atoms with Crippen molar-refractivity contribution < 1.29 is 4.79 Å². The lowest BCUT2D eigenvalue weighted by Gasteiger charge is -2.35. The first kappa shape index (κ1) is 16.9. The number of hydrogen-bond donors (Lipinski definition) is 1. The molecule has 3 rings (SSSR count). The second-order valence-electron chi connectivity index (χ2n) is 6.08. The fourth-order valence-corrected chi connectivity index (χ4v) is 3.41. The van der Waals surface area contributed by atoms with E-state index in [4.69, 9.17) is 0 Å². The summed E-state index contributed by atoms with van der Waals surface area (Å²) in [4.78, 5) is 25.3. The Labute approximate surface area is 146 Å². The average Bonchev–Trinajstić information content (AvgIpc) is 3.01. The molecule has 1 N–H and O–H groups in total. The van der Waals surface area contributed by atoms with Gasteiger partial charge in [-0.1, -0.05) is 6.07 Å². The van der Waals surface area contributed by atoms with Gasteiger partial charge in [-0.05, 0) is 25.5 Å². The van der Waals surface area contributed by atoms with Gasteiger partial charge in [-0.25, -0.2) is 9.78 Å². The van der Waals surface area contributed by atoms with E-state index < -0.39 is 0 Å². The Morgan fingerprint density at radius 1 is 1.38 bits per heavy atom. The van der Waals surface area contributed by atoms with Crippen LogP contribution in [0.3, 0.4) is 0 Å². The van der Waals surface area contributed by atoms with Crippen molar-refractivity contribution >= 4 is 17.4 Å². The molecule has 0 aromatic carbocycles. The Hall–Kier alpha value is -1.99. The molecule has 3 heterocycles. The van der Waals surface area contributed by atoms with Crippen LogP contribution in [-0.4, -0.2) is 52.0 Å². The third-order valence-electron chi connectivity index (χ3n) is 4.24. The minimum Gasteiger partial charge on any atom is -0.331 e. The number of thiazole rings is 1. The summed E-state index contributed by atoms with van der Waals surface area (Å²) in [6, 6.07) is 3.82. The van der Waals surface area contributed by atoms with Gasteiger partial charge in [0, 0.05) is 50.5 Å². The predicted octanol–water partition coefficient (Wildman–Crippen LogP) is 2.43. The summed E-state index contributed by atoms with van der Waals surface area (Å²) in [5, 5.41) is 6.27. The van der Waals surface area contributed by atoms with Gasteiger partial charge in [0.1, 0.15) is 0 Å². The van der Waals surface area contributed by atoms with E-state index in [1.165, 1.54) is 0 Å². The number of carbonyl (C=O) groups is 1. The number of nitrogens with zero attached hydrogens (tertiary/aromatic N) is 4. The minimum absolute atomic E-state index is 0.00416. The van der Waals surface area contributed by atoms with Crippen molar-refractivity contribution in [3.8, 4) is 0 Å². The first-order valence-electron chi connectivity index (χ1n) is 8.20. The van der Waals surface area contributed by atoms with Gasteiger partial charge in [-0.15, -0.1) is 11.3 Å². The molecule has 2 aromatic rings. The zero-order chi connectivity index (χ0) is 16.9. The second kappa shape index (κ2) is 7.72. The average molecular weight is 345 g/mol. The largest absolute Gasteiger partial charge is 0.331 e. The molecular weight excluding hydrogens is 322 g/mol. The number of aromatic nitrogens is 2. The van der Waals surface area contributed by atoms with Crippen LogP contribution < -0.4 is 5.32 Å². The maximum absolute atomic E-state index is 12.4. The molecule has 0 spiro atoms. The second-order valence-corrected chi connectivity index (χ2v) is 7.14. The molecule has 6 nitrogen and oxygen atoms in total. The van der Waals surface area contributed by atoms with Crippen molar-refractivity contribution in [2.24, 2.45) is 0 Å². The predicted molar refractivity (Wildman–Crippen MR) is 94.9 cm³/mol. The van der Waals surface area contributed by atoms with E-state index in [0.29, 0.717) is 0 Å². The molecule has 2 amide bonds. The first-order valence-corrected chi connectivity index (χ1v) is 9.08. The molecule has 2 aromatic heterocycles. The number of rotatable bonds is 4. The highest BCUT2D eigenvalue weighted by atomic mass is 32.1. The molecular formula is C17H23N5OS. The van der Waals surface area contributed by atoms with Crippen LogP contribution in [0, 0.1) is 6.92 Å². The molecule has 0 aliphatic carbocycles. The highest BCUT2D eigenvalue weighted by molar-refractivity contribution is 7.09. The Balaban J connectivity index is 1.46. The first-order chi connectivity index (χ1) is 11.6. The van der Waals surface area contributed by atoms with Gasteiger partial charge in [0.05, 0.1) is 16.7 Å². The van der Waals surface area contributed by atoms with E-state index >= 15 is 0 Å². The SMILES string of the molecule is Cc1nc(CN2CCN(C(=O)N[C@H](C)c3cccnc3)CC2)cs1. The van der Waals surface area contributed by atoms with Gasteiger partial charge in [-0.3, -0.25) is 9.88 Å². The van der Waals surface area contributed by atoms with Crippen LogP contribution in [0.4, 0.5) is 4.79 Å². The normalized spacial score (nSPS) is 16.8. The summed E-state index contributed by atoms with van der Waals surface area (Å²) in [7, 11) is 0. The van der Waals surface area contributed by atoms with Gasteiger partial charge in [0.25, 0.3) is 0 Å². The fraction of sp³-hybridized carbons (Fsp3) is 0.471. The summed E-state index contributed by atoms with van der Waals surface area (Å²) in [5.74, 6) is 0. The van der Waals surface area contributed by atoms with Crippen molar-refractivity contribution in [2.45, 2.75) is 26.4 Å². The van der Waals surface area contributed by atoms with E-state index in [0.717, 1.165) is 49.0 Å². The molecule has 1 atom stereocenters. The van der Waals surface area contributed by atoms with E-state index in [-0.39, 0.29) is 12.1 Å². The van der Waals surface area contributed by atoms with Crippen LogP contribution in [0.15, 0.2) is 29.9 Å². The molecule has 128 valence electrons. The van der Waals surface area contributed by atoms with Gasteiger partial charge in [-0.2, -0.15) is 0 Å². The van der Waals surface area contributed by atoms with Crippen molar-refractivity contribution in [3.63, 3.8) is 0 Å². The lowest BCUT2D eigenvalue weighted by molar-refractivity contribution is 0.133. The lowest BCUT2D eigenvalue weighted by Crippen LogP contribution is -2.51. The zero-order valence-corrected chi connectivity index (χ0v) is 14.9. The van der Waals surface area contributed by atoms with Crippen LogP contribution in [-0.2, 0) is 6.54 Å². The summed E-state index contributed by atoms with van der Waals surface area (Å²) >= 11 is 1.69. The molecule has 0 saturated carbocycles. The lowest BCUT2D eigenvalue weighted by atomic mass is 10.1. The zero-order valence-electron chi connectivity index (χ0n) is 14.1. The van der Waals surface area contributed by atoms with Crippen LogP contribution in [0.5, 0.6) is 0 Å². The Bertz CT molecular complexity index is 667. The number of piperazine rings is 1. The minimum atomic E-state index is -0.0396.